The van der Waals surface area contributed by atoms with E-state index in [0.717, 1.165) is 28.2 Å². The van der Waals surface area contributed by atoms with Crippen LogP contribution in [0.5, 0.6) is 0 Å². The van der Waals surface area contributed by atoms with Crippen molar-refractivity contribution in [1.82, 2.24) is 0 Å². The number of amides is 1. The number of halogens is 1. The zero-order valence-corrected chi connectivity index (χ0v) is 15.7. The second-order valence-corrected chi connectivity index (χ2v) is 7.01. The topological polar surface area (TPSA) is 32.7 Å². The molecule has 27 heavy (non-hydrogen) atoms. The first-order valence-corrected chi connectivity index (χ1v) is 9.28. The third kappa shape index (κ3) is 3.51. The van der Waals surface area contributed by atoms with Gasteiger partial charge in [0.1, 0.15) is 0 Å². The molecule has 0 aliphatic carbocycles. The molecule has 3 nitrogen and oxygen atoms in total. The molecule has 134 valence electrons. The summed E-state index contributed by atoms with van der Waals surface area (Å²) in [6.07, 6.45) is 0.625. The normalized spacial score (nSPS) is 16.3. The predicted octanol–water partition coefficient (Wildman–Crippen LogP) is 5.96. The molecule has 1 heterocycles. The Kier molecular flexibility index (Phi) is 4.78. The Morgan fingerprint density at radius 1 is 1.00 bits per heavy atom. The number of aliphatic imine (C=N–C) groups is 1. The molecule has 1 atom stereocenters. The summed E-state index contributed by atoms with van der Waals surface area (Å²) in [5, 5.41) is 0.603. The number of rotatable bonds is 2. The molecule has 1 aliphatic heterocycles. The van der Waals surface area contributed by atoms with Crippen LogP contribution in [0.1, 0.15) is 30.5 Å². The van der Waals surface area contributed by atoms with Gasteiger partial charge in [-0.15, -0.1) is 0 Å². The highest BCUT2D eigenvalue weighted by Gasteiger charge is 2.30. The second-order valence-electron chi connectivity index (χ2n) is 6.58. The van der Waals surface area contributed by atoms with Crippen LogP contribution in [-0.2, 0) is 4.79 Å². The number of carbonyl (C=O) groups is 1. The van der Waals surface area contributed by atoms with Gasteiger partial charge in [-0.25, -0.2) is 0 Å². The minimum atomic E-state index is -0.134. The smallest absolute Gasteiger partial charge is 0.224 e. The van der Waals surface area contributed by atoms with Gasteiger partial charge < -0.3 is 4.90 Å². The Morgan fingerprint density at radius 3 is 2.33 bits per heavy atom. The van der Waals surface area contributed by atoms with E-state index in [-0.39, 0.29) is 11.9 Å². The van der Waals surface area contributed by atoms with Crippen LogP contribution in [0.3, 0.4) is 0 Å². The Labute approximate surface area is 163 Å². The van der Waals surface area contributed by atoms with Crippen molar-refractivity contribution >= 4 is 34.6 Å². The van der Waals surface area contributed by atoms with Crippen LogP contribution in [0.2, 0.25) is 5.02 Å². The fraction of sp³-hybridized carbons (Fsp3) is 0.130. The van der Waals surface area contributed by atoms with Gasteiger partial charge in [-0.1, -0.05) is 72.3 Å². The lowest BCUT2D eigenvalue weighted by molar-refractivity contribution is -0.117. The summed E-state index contributed by atoms with van der Waals surface area (Å²) in [6, 6.07) is 25.6. The molecule has 0 saturated carbocycles. The number of hydrogen-bond acceptors (Lipinski definition) is 2. The number of hydrogen-bond donors (Lipinski definition) is 0. The number of nitrogens with zero attached hydrogens (tertiary/aromatic N) is 2. The highest BCUT2D eigenvalue weighted by molar-refractivity contribution is 6.31. The molecule has 0 unspecified atom stereocenters. The maximum absolute atomic E-state index is 12.7. The van der Waals surface area contributed by atoms with E-state index in [0.29, 0.717) is 11.4 Å². The van der Waals surface area contributed by atoms with E-state index in [1.807, 2.05) is 53.4 Å². The van der Waals surface area contributed by atoms with E-state index < -0.39 is 0 Å². The van der Waals surface area contributed by atoms with Crippen molar-refractivity contribution in [2.45, 2.75) is 19.4 Å². The molecule has 0 N–H and O–H groups in total. The van der Waals surface area contributed by atoms with Gasteiger partial charge in [0, 0.05) is 18.4 Å². The Morgan fingerprint density at radius 2 is 1.67 bits per heavy atom. The molecule has 3 aromatic rings. The Balaban J connectivity index is 1.93. The van der Waals surface area contributed by atoms with Crippen LogP contribution in [0.25, 0.3) is 0 Å². The van der Waals surface area contributed by atoms with Crippen LogP contribution in [-0.4, -0.2) is 11.6 Å². The molecule has 0 bridgehead atoms. The van der Waals surface area contributed by atoms with Crippen molar-refractivity contribution in [3.8, 4) is 0 Å². The average Bonchev–Trinajstić information content (AvgIpc) is 2.86. The van der Waals surface area contributed by atoms with Gasteiger partial charge in [0.2, 0.25) is 5.91 Å². The van der Waals surface area contributed by atoms with E-state index in [4.69, 9.17) is 16.6 Å². The zero-order chi connectivity index (χ0) is 18.8. The summed E-state index contributed by atoms with van der Waals surface area (Å²) in [5.41, 5.74) is 4.58. The minimum Gasteiger partial charge on any atom is -0.303 e. The molecule has 1 aliphatic rings. The van der Waals surface area contributed by atoms with Crippen LogP contribution in [0.4, 0.5) is 11.4 Å². The van der Waals surface area contributed by atoms with E-state index in [1.165, 1.54) is 0 Å². The van der Waals surface area contributed by atoms with Crippen molar-refractivity contribution in [2.24, 2.45) is 4.99 Å². The summed E-state index contributed by atoms with van der Waals surface area (Å²) in [5.74, 6) is -0.0167. The summed E-state index contributed by atoms with van der Waals surface area (Å²) < 4.78 is 0. The number of fused-ring (bicyclic) bond motifs is 1. The van der Waals surface area contributed by atoms with Crippen molar-refractivity contribution in [2.75, 3.05) is 4.90 Å². The molecular formula is C23H19ClN2O. The molecule has 0 fully saturated rings. The third-order valence-corrected chi connectivity index (χ3v) is 5.02. The van der Waals surface area contributed by atoms with Crippen molar-refractivity contribution < 1.29 is 4.79 Å². The van der Waals surface area contributed by atoms with Gasteiger partial charge in [-0.2, -0.15) is 0 Å². The van der Waals surface area contributed by atoms with E-state index in [9.17, 15) is 4.79 Å². The Bertz CT molecular complexity index is 999. The maximum Gasteiger partial charge on any atom is 0.224 e. The molecule has 0 radical (unpaired) electrons. The first-order chi connectivity index (χ1) is 13.1. The zero-order valence-electron chi connectivity index (χ0n) is 15.0. The lowest BCUT2D eigenvalue weighted by Gasteiger charge is -2.30. The van der Waals surface area contributed by atoms with Crippen LogP contribution >= 0.6 is 11.6 Å². The lowest BCUT2D eigenvalue weighted by Crippen LogP contribution is -2.33. The largest absolute Gasteiger partial charge is 0.303 e. The van der Waals surface area contributed by atoms with Gasteiger partial charge in [-0.05, 0) is 29.3 Å². The van der Waals surface area contributed by atoms with Gasteiger partial charge in [0.05, 0.1) is 23.1 Å². The molecule has 0 spiro atoms. The standard InChI is InChI=1S/C23H19ClN2O/c1-16(27)26-22-13-12-19(24)14-21(22)25-20(17-8-4-2-5-9-17)15-23(26)18-10-6-3-7-11-18/h2-14,23H,15H2,1H3/t23-/m1/s1. The summed E-state index contributed by atoms with van der Waals surface area (Å²) in [4.78, 5) is 19.4. The SMILES string of the molecule is CC(=O)N1c2ccc(Cl)cc2N=C(c2ccccc2)C[C@@H]1c1ccccc1. The summed E-state index contributed by atoms with van der Waals surface area (Å²) in [7, 11) is 0. The highest BCUT2D eigenvalue weighted by Crippen LogP contribution is 2.41. The number of anilines is 1. The average molecular weight is 375 g/mol. The van der Waals surface area contributed by atoms with Crippen molar-refractivity contribution in [1.29, 1.82) is 0 Å². The molecule has 1 amide bonds. The quantitative estimate of drug-likeness (QED) is 0.544. The van der Waals surface area contributed by atoms with E-state index in [1.54, 1.807) is 13.0 Å². The molecule has 4 heteroatoms. The van der Waals surface area contributed by atoms with Gasteiger partial charge in [0.25, 0.3) is 0 Å². The van der Waals surface area contributed by atoms with Gasteiger partial charge in [0.15, 0.2) is 0 Å². The maximum atomic E-state index is 12.7. The summed E-state index contributed by atoms with van der Waals surface area (Å²) in [6.45, 7) is 1.60. The number of carbonyl (C=O) groups excluding carboxylic acids is 1. The molecule has 4 rings (SSSR count). The highest BCUT2D eigenvalue weighted by atomic mass is 35.5. The fourth-order valence-corrected chi connectivity index (χ4v) is 3.73. The van der Waals surface area contributed by atoms with E-state index in [2.05, 4.69) is 24.3 Å². The predicted molar refractivity (Wildman–Crippen MR) is 111 cm³/mol. The minimum absolute atomic E-state index is 0.0167. The third-order valence-electron chi connectivity index (χ3n) is 4.78. The first-order valence-electron chi connectivity index (χ1n) is 8.91. The monoisotopic (exact) mass is 374 g/mol. The second kappa shape index (κ2) is 7.37. The fourth-order valence-electron chi connectivity index (χ4n) is 3.57. The van der Waals surface area contributed by atoms with Gasteiger partial charge in [-0.3, -0.25) is 9.79 Å². The van der Waals surface area contributed by atoms with E-state index >= 15 is 0 Å². The number of benzene rings is 3. The van der Waals surface area contributed by atoms with Crippen molar-refractivity contribution in [3.05, 3.63) is 95.0 Å². The molecule has 3 aromatic carbocycles. The Hall–Kier alpha value is -2.91. The molecule has 0 aromatic heterocycles. The van der Waals surface area contributed by atoms with Crippen LogP contribution < -0.4 is 4.90 Å². The molecular weight excluding hydrogens is 356 g/mol. The lowest BCUT2D eigenvalue weighted by atomic mass is 9.96. The van der Waals surface area contributed by atoms with Crippen LogP contribution in [0, 0.1) is 0 Å². The first kappa shape index (κ1) is 17.5. The van der Waals surface area contributed by atoms with Gasteiger partial charge >= 0.3 is 0 Å². The van der Waals surface area contributed by atoms with Crippen LogP contribution in [0.15, 0.2) is 83.9 Å². The molecule has 0 saturated heterocycles. The summed E-state index contributed by atoms with van der Waals surface area (Å²) >= 11 is 6.23. The van der Waals surface area contributed by atoms with Crippen molar-refractivity contribution in [3.63, 3.8) is 0 Å².